The molecule has 0 saturated carbocycles. The number of nitrogens with one attached hydrogen (secondary N) is 2. The zero-order valence-electron chi connectivity index (χ0n) is 18.2. The van der Waals surface area contributed by atoms with Gasteiger partial charge in [0.1, 0.15) is 5.75 Å². The smallest absolute Gasteiger partial charge is 0.191 e. The van der Waals surface area contributed by atoms with Gasteiger partial charge in [-0.15, -0.1) is 24.0 Å². The van der Waals surface area contributed by atoms with Crippen molar-refractivity contribution in [1.82, 2.24) is 15.5 Å². The summed E-state index contributed by atoms with van der Waals surface area (Å²) in [6, 6.07) is 8.68. The first-order valence-electron chi connectivity index (χ1n) is 10.7. The molecule has 0 bridgehead atoms. The van der Waals surface area contributed by atoms with Gasteiger partial charge in [0.15, 0.2) is 5.96 Å². The molecule has 0 spiro atoms. The third-order valence-electron chi connectivity index (χ3n) is 6.23. The van der Waals surface area contributed by atoms with Gasteiger partial charge in [0.2, 0.25) is 0 Å². The van der Waals surface area contributed by atoms with Crippen molar-refractivity contribution in [3.8, 4) is 5.75 Å². The monoisotopic (exact) mass is 532 g/mol. The van der Waals surface area contributed by atoms with Gasteiger partial charge in [0.05, 0.1) is 19.8 Å². The Bertz CT molecular complexity index is 644. The number of halogens is 1. The van der Waals surface area contributed by atoms with Gasteiger partial charge >= 0.3 is 0 Å². The second-order valence-electron chi connectivity index (χ2n) is 8.11. The predicted molar refractivity (Wildman–Crippen MR) is 131 cm³/mol. The van der Waals surface area contributed by atoms with E-state index in [1.807, 2.05) is 12.1 Å². The van der Waals surface area contributed by atoms with E-state index in [2.05, 4.69) is 32.7 Å². The summed E-state index contributed by atoms with van der Waals surface area (Å²) in [5, 5.41) is 16.4. The molecule has 2 fully saturated rings. The van der Waals surface area contributed by atoms with Crippen LogP contribution in [0.25, 0.3) is 0 Å². The first kappa shape index (κ1) is 25.2. The molecule has 0 amide bonds. The Labute approximate surface area is 197 Å². The van der Waals surface area contributed by atoms with E-state index in [1.165, 1.54) is 18.4 Å². The van der Waals surface area contributed by atoms with Crippen LogP contribution in [0.15, 0.2) is 29.3 Å². The second-order valence-corrected chi connectivity index (χ2v) is 8.11. The fourth-order valence-electron chi connectivity index (χ4n) is 4.33. The van der Waals surface area contributed by atoms with Gasteiger partial charge in [-0.2, -0.15) is 0 Å². The lowest BCUT2D eigenvalue weighted by molar-refractivity contribution is 0.127. The topological polar surface area (TPSA) is 78.4 Å². The molecule has 0 radical (unpaired) electrons. The van der Waals surface area contributed by atoms with Gasteiger partial charge in [0, 0.05) is 38.8 Å². The molecule has 1 aromatic carbocycles. The molecule has 3 rings (SSSR count). The molecule has 0 aliphatic carbocycles. The summed E-state index contributed by atoms with van der Waals surface area (Å²) < 4.78 is 10.9. The highest BCUT2D eigenvalue weighted by Gasteiger charge is 2.34. The van der Waals surface area contributed by atoms with Crippen molar-refractivity contribution in [3.05, 3.63) is 29.8 Å². The first-order valence-corrected chi connectivity index (χ1v) is 10.7. The second kappa shape index (κ2) is 12.7. The number of aliphatic hydroxyl groups excluding tert-OH is 1. The minimum absolute atomic E-state index is 0. The molecule has 7 nitrogen and oxygen atoms in total. The zero-order valence-corrected chi connectivity index (χ0v) is 20.6. The maximum Gasteiger partial charge on any atom is 0.191 e. The number of ether oxygens (including phenoxy) is 2. The van der Waals surface area contributed by atoms with E-state index in [0.717, 1.165) is 57.3 Å². The third-order valence-corrected chi connectivity index (χ3v) is 6.23. The normalized spacial score (nSPS) is 23.1. The van der Waals surface area contributed by atoms with Crippen molar-refractivity contribution < 1.29 is 14.6 Å². The summed E-state index contributed by atoms with van der Waals surface area (Å²) in [7, 11) is 3.50. The lowest BCUT2D eigenvalue weighted by atomic mass is 9.84. The fraction of sp³-hybridized carbons (Fsp3) is 0.682. The quantitative estimate of drug-likeness (QED) is 0.258. The molecule has 1 aromatic rings. The maximum absolute atomic E-state index is 9.43. The van der Waals surface area contributed by atoms with Crippen LogP contribution in [0.5, 0.6) is 5.75 Å². The van der Waals surface area contributed by atoms with Crippen molar-refractivity contribution in [2.45, 2.75) is 31.7 Å². The van der Waals surface area contributed by atoms with E-state index in [-0.39, 0.29) is 36.0 Å². The Morgan fingerprint density at radius 1 is 1.27 bits per heavy atom. The number of guanidine groups is 1. The van der Waals surface area contributed by atoms with E-state index in [4.69, 9.17) is 9.47 Å². The highest BCUT2D eigenvalue weighted by Crippen LogP contribution is 2.31. The Kier molecular flexibility index (Phi) is 10.6. The van der Waals surface area contributed by atoms with Crippen LogP contribution < -0.4 is 15.4 Å². The molecule has 170 valence electrons. The van der Waals surface area contributed by atoms with E-state index in [9.17, 15) is 5.11 Å². The third kappa shape index (κ3) is 6.70. The summed E-state index contributed by atoms with van der Waals surface area (Å²) >= 11 is 0. The molecule has 2 aliphatic rings. The summed E-state index contributed by atoms with van der Waals surface area (Å²) in [5.41, 5.74) is 1.29. The number of aliphatic imine (C=N–C) groups is 1. The van der Waals surface area contributed by atoms with Crippen LogP contribution in [0.3, 0.4) is 0 Å². The number of methoxy groups -OCH3 is 1. The molecule has 2 atom stereocenters. The van der Waals surface area contributed by atoms with Gasteiger partial charge in [-0.1, -0.05) is 12.1 Å². The van der Waals surface area contributed by atoms with Crippen LogP contribution >= 0.6 is 24.0 Å². The molecule has 2 saturated heterocycles. The minimum Gasteiger partial charge on any atom is -0.497 e. The van der Waals surface area contributed by atoms with Crippen LogP contribution in [-0.2, 0) is 4.74 Å². The molecular weight excluding hydrogens is 495 g/mol. The number of hydrogen-bond donors (Lipinski definition) is 3. The maximum atomic E-state index is 9.43. The Morgan fingerprint density at radius 3 is 2.57 bits per heavy atom. The number of hydrogen-bond acceptors (Lipinski definition) is 5. The number of benzene rings is 1. The number of aliphatic hydroxyl groups is 1. The van der Waals surface area contributed by atoms with E-state index >= 15 is 0 Å². The number of likely N-dealkylation sites (tertiary alicyclic amines) is 1. The molecule has 2 unspecified atom stereocenters. The van der Waals surface area contributed by atoms with Gasteiger partial charge in [-0.25, -0.2) is 0 Å². The van der Waals surface area contributed by atoms with Gasteiger partial charge in [-0.3, -0.25) is 9.89 Å². The van der Waals surface area contributed by atoms with Gasteiger partial charge in [0.25, 0.3) is 0 Å². The Morgan fingerprint density at radius 2 is 2.00 bits per heavy atom. The Balaban J connectivity index is 0.00000320. The standard InChI is InChI=1S/C22H36N4O3.HI/c1-23-21(25-16-22(9-13-27)10-14-29-17-22)24-15-20(26-11-3-4-12-26)18-5-7-19(28-2)8-6-18;/h5-8,20,27H,3-4,9-17H2,1-2H3,(H2,23,24,25);1H. The molecule has 2 heterocycles. The molecule has 2 aliphatic heterocycles. The largest absolute Gasteiger partial charge is 0.497 e. The highest BCUT2D eigenvalue weighted by molar-refractivity contribution is 14.0. The molecular formula is C22H37IN4O3. The van der Waals surface area contributed by atoms with Gasteiger partial charge < -0.3 is 25.2 Å². The molecule has 0 aromatic heterocycles. The summed E-state index contributed by atoms with van der Waals surface area (Å²) in [4.78, 5) is 6.95. The van der Waals surface area contributed by atoms with Crippen molar-refractivity contribution in [2.75, 3.05) is 60.2 Å². The summed E-state index contributed by atoms with van der Waals surface area (Å²) in [6.07, 6.45) is 4.23. The van der Waals surface area contributed by atoms with Crippen molar-refractivity contribution in [1.29, 1.82) is 0 Å². The zero-order chi connectivity index (χ0) is 20.5. The Hall–Kier alpha value is -1.10. The van der Waals surface area contributed by atoms with Crippen LogP contribution in [-0.4, -0.2) is 76.1 Å². The lowest BCUT2D eigenvalue weighted by Gasteiger charge is -2.30. The average Bonchev–Trinajstić information content (AvgIpc) is 3.44. The van der Waals surface area contributed by atoms with Crippen molar-refractivity contribution in [3.63, 3.8) is 0 Å². The highest BCUT2D eigenvalue weighted by atomic mass is 127. The van der Waals surface area contributed by atoms with Crippen LogP contribution in [0.2, 0.25) is 0 Å². The molecule has 30 heavy (non-hydrogen) atoms. The molecule has 8 heteroatoms. The van der Waals surface area contributed by atoms with Crippen LogP contribution in [0, 0.1) is 5.41 Å². The fourth-order valence-corrected chi connectivity index (χ4v) is 4.33. The van der Waals surface area contributed by atoms with E-state index < -0.39 is 0 Å². The van der Waals surface area contributed by atoms with Crippen molar-refractivity contribution in [2.24, 2.45) is 10.4 Å². The predicted octanol–water partition coefficient (Wildman–Crippen LogP) is 2.40. The van der Waals surface area contributed by atoms with Crippen molar-refractivity contribution >= 4 is 29.9 Å². The van der Waals surface area contributed by atoms with Crippen LogP contribution in [0.4, 0.5) is 0 Å². The average molecular weight is 532 g/mol. The first-order chi connectivity index (χ1) is 14.2. The minimum atomic E-state index is -0.00327. The number of nitrogens with zero attached hydrogens (tertiary/aromatic N) is 2. The van der Waals surface area contributed by atoms with E-state index in [1.54, 1.807) is 14.2 Å². The number of rotatable bonds is 9. The summed E-state index contributed by atoms with van der Waals surface area (Å²) in [5.74, 6) is 1.68. The summed E-state index contributed by atoms with van der Waals surface area (Å²) in [6.45, 7) is 5.44. The van der Waals surface area contributed by atoms with E-state index in [0.29, 0.717) is 12.6 Å². The lowest BCUT2D eigenvalue weighted by Crippen LogP contribution is -2.46. The SMILES string of the molecule is CN=C(NCC(c1ccc(OC)cc1)N1CCCC1)NCC1(CCO)CCOC1.I. The molecule has 3 N–H and O–H groups in total. The van der Waals surface area contributed by atoms with Crippen LogP contribution in [0.1, 0.15) is 37.3 Å². The van der Waals surface area contributed by atoms with Gasteiger partial charge in [-0.05, 0) is 56.5 Å².